The summed E-state index contributed by atoms with van der Waals surface area (Å²) >= 11 is 5.92. The van der Waals surface area contributed by atoms with Crippen LogP contribution in [0.2, 0.25) is 5.02 Å². The van der Waals surface area contributed by atoms with Crippen molar-refractivity contribution in [1.82, 2.24) is 4.98 Å². The van der Waals surface area contributed by atoms with Crippen molar-refractivity contribution in [3.05, 3.63) is 58.9 Å². The first-order valence-corrected chi connectivity index (χ1v) is 7.36. The van der Waals surface area contributed by atoms with Crippen LogP contribution in [0.4, 0.5) is 11.5 Å². The molecular weight excluding hydrogens is 328 g/mol. The number of pyridine rings is 1. The molecular formula is C17H15ClN4O2. The van der Waals surface area contributed by atoms with Crippen LogP contribution in [0.1, 0.15) is 5.69 Å². The van der Waals surface area contributed by atoms with Crippen LogP contribution < -0.4 is 15.4 Å². The van der Waals surface area contributed by atoms with E-state index in [1.165, 1.54) is 13.3 Å². The van der Waals surface area contributed by atoms with Crippen LogP contribution in [0.5, 0.6) is 5.75 Å². The third kappa shape index (κ3) is 4.48. The zero-order valence-corrected chi connectivity index (χ0v) is 13.9. The van der Waals surface area contributed by atoms with E-state index in [4.69, 9.17) is 16.3 Å². The Kier molecular flexibility index (Phi) is 5.77. The second kappa shape index (κ2) is 7.99. The number of nitriles is 1. The smallest absolute Gasteiger partial charge is 0.267 e. The number of amides is 1. The third-order valence-corrected chi connectivity index (χ3v) is 3.26. The molecule has 0 spiro atoms. The van der Waals surface area contributed by atoms with Gasteiger partial charge in [-0.05, 0) is 37.3 Å². The Morgan fingerprint density at radius 1 is 1.38 bits per heavy atom. The van der Waals surface area contributed by atoms with Crippen molar-refractivity contribution in [2.75, 3.05) is 17.7 Å². The third-order valence-electron chi connectivity index (χ3n) is 3.03. The van der Waals surface area contributed by atoms with Crippen LogP contribution >= 0.6 is 11.6 Å². The molecule has 24 heavy (non-hydrogen) atoms. The minimum atomic E-state index is -0.585. The molecule has 2 N–H and O–H groups in total. The summed E-state index contributed by atoms with van der Waals surface area (Å²) in [5, 5.41) is 15.1. The number of aryl methyl sites for hydroxylation is 1. The Morgan fingerprint density at radius 2 is 2.17 bits per heavy atom. The van der Waals surface area contributed by atoms with Gasteiger partial charge in [-0.15, -0.1) is 0 Å². The van der Waals surface area contributed by atoms with Gasteiger partial charge in [-0.3, -0.25) is 4.79 Å². The van der Waals surface area contributed by atoms with Crippen molar-refractivity contribution in [3.8, 4) is 11.8 Å². The molecule has 122 valence electrons. The Morgan fingerprint density at radius 3 is 2.83 bits per heavy atom. The minimum Gasteiger partial charge on any atom is -0.495 e. The fourth-order valence-corrected chi connectivity index (χ4v) is 2.06. The predicted octanol–water partition coefficient (Wildman–Crippen LogP) is 3.51. The molecule has 2 aromatic rings. The van der Waals surface area contributed by atoms with E-state index < -0.39 is 5.91 Å². The molecule has 0 unspecified atom stereocenters. The molecule has 0 radical (unpaired) electrons. The van der Waals surface area contributed by atoms with Gasteiger partial charge >= 0.3 is 0 Å². The molecule has 0 aliphatic heterocycles. The molecule has 0 aliphatic carbocycles. The van der Waals surface area contributed by atoms with Crippen LogP contribution in [0.15, 0.2) is 48.2 Å². The van der Waals surface area contributed by atoms with Gasteiger partial charge in [0, 0.05) is 16.9 Å². The van der Waals surface area contributed by atoms with Crippen molar-refractivity contribution in [2.45, 2.75) is 6.92 Å². The quantitative estimate of drug-likeness (QED) is 0.641. The van der Waals surface area contributed by atoms with E-state index in [9.17, 15) is 10.1 Å². The highest BCUT2D eigenvalue weighted by Crippen LogP contribution is 2.27. The number of ether oxygens (including phenoxy) is 1. The van der Waals surface area contributed by atoms with Gasteiger partial charge in [-0.2, -0.15) is 5.26 Å². The lowest BCUT2D eigenvalue weighted by Crippen LogP contribution is -2.15. The summed E-state index contributed by atoms with van der Waals surface area (Å²) < 4.78 is 5.16. The molecule has 0 saturated heterocycles. The number of hydrogen-bond acceptors (Lipinski definition) is 5. The molecule has 0 aliphatic rings. The highest BCUT2D eigenvalue weighted by molar-refractivity contribution is 6.31. The van der Waals surface area contributed by atoms with Crippen LogP contribution in [-0.2, 0) is 4.79 Å². The molecule has 1 aromatic heterocycles. The zero-order chi connectivity index (χ0) is 17.5. The number of nitrogens with one attached hydrogen (secondary N) is 2. The lowest BCUT2D eigenvalue weighted by Gasteiger charge is -2.10. The number of halogens is 1. The molecule has 0 bridgehead atoms. The van der Waals surface area contributed by atoms with Gasteiger partial charge in [0.15, 0.2) is 0 Å². The number of nitrogens with zero attached hydrogens (tertiary/aromatic N) is 2. The van der Waals surface area contributed by atoms with Gasteiger partial charge in [0.25, 0.3) is 5.91 Å². The van der Waals surface area contributed by atoms with Gasteiger partial charge in [0.05, 0.1) is 12.8 Å². The second-order valence-corrected chi connectivity index (χ2v) is 5.21. The van der Waals surface area contributed by atoms with E-state index in [-0.39, 0.29) is 5.57 Å². The maximum Gasteiger partial charge on any atom is 0.267 e. The fraction of sp³-hybridized carbons (Fsp3) is 0.118. The molecule has 0 saturated carbocycles. The molecule has 1 heterocycles. The average Bonchev–Trinajstić information content (AvgIpc) is 2.55. The van der Waals surface area contributed by atoms with Gasteiger partial charge in [0.2, 0.25) is 0 Å². The Bertz CT molecular complexity index is 828. The summed E-state index contributed by atoms with van der Waals surface area (Å²) in [7, 11) is 1.48. The summed E-state index contributed by atoms with van der Waals surface area (Å²) in [5.74, 6) is 0.396. The normalized spacial score (nSPS) is 10.7. The standard InChI is InChI=1S/C17H15ClN4O2/c1-11-4-3-5-16(21-11)20-10-12(9-19)17(23)22-14-8-13(18)6-7-15(14)24-2/h3-8,10H,1-2H3,(H,20,21)(H,22,23)/b12-10-. The van der Waals surface area contributed by atoms with E-state index in [1.54, 1.807) is 24.3 Å². The van der Waals surface area contributed by atoms with E-state index in [2.05, 4.69) is 15.6 Å². The van der Waals surface area contributed by atoms with Crippen molar-refractivity contribution in [2.24, 2.45) is 0 Å². The van der Waals surface area contributed by atoms with Crippen LogP contribution in [-0.4, -0.2) is 18.0 Å². The topological polar surface area (TPSA) is 87.0 Å². The number of anilines is 2. The number of carbonyl (C=O) groups excluding carboxylic acids is 1. The Balaban J connectivity index is 2.16. The van der Waals surface area contributed by atoms with Crippen molar-refractivity contribution in [1.29, 1.82) is 5.26 Å². The largest absolute Gasteiger partial charge is 0.495 e. The fourth-order valence-electron chi connectivity index (χ4n) is 1.89. The molecule has 2 rings (SSSR count). The molecule has 1 aromatic carbocycles. The van der Waals surface area contributed by atoms with Gasteiger partial charge in [-0.25, -0.2) is 4.98 Å². The van der Waals surface area contributed by atoms with Gasteiger partial charge < -0.3 is 15.4 Å². The first kappa shape index (κ1) is 17.3. The Hall–Kier alpha value is -3.04. The van der Waals surface area contributed by atoms with Crippen molar-refractivity contribution >= 4 is 29.0 Å². The minimum absolute atomic E-state index is 0.111. The van der Waals surface area contributed by atoms with Gasteiger partial charge in [-0.1, -0.05) is 17.7 Å². The lowest BCUT2D eigenvalue weighted by atomic mass is 10.2. The summed E-state index contributed by atoms with van der Waals surface area (Å²) in [6.45, 7) is 1.85. The lowest BCUT2D eigenvalue weighted by molar-refractivity contribution is -0.112. The Labute approximate surface area is 144 Å². The second-order valence-electron chi connectivity index (χ2n) is 4.78. The number of rotatable bonds is 5. The SMILES string of the molecule is COc1ccc(Cl)cc1NC(=O)/C(C#N)=C\Nc1cccc(C)n1. The van der Waals surface area contributed by atoms with Gasteiger partial charge in [0.1, 0.15) is 23.2 Å². The summed E-state index contributed by atoms with van der Waals surface area (Å²) in [4.78, 5) is 16.5. The summed E-state index contributed by atoms with van der Waals surface area (Å²) in [6.07, 6.45) is 1.30. The van der Waals surface area contributed by atoms with E-state index in [0.29, 0.717) is 22.3 Å². The van der Waals surface area contributed by atoms with E-state index >= 15 is 0 Å². The summed E-state index contributed by atoms with van der Waals surface area (Å²) in [5.41, 5.74) is 1.09. The zero-order valence-electron chi connectivity index (χ0n) is 13.1. The first-order valence-electron chi connectivity index (χ1n) is 6.99. The van der Waals surface area contributed by atoms with Crippen molar-refractivity contribution < 1.29 is 9.53 Å². The number of methoxy groups -OCH3 is 1. The number of benzene rings is 1. The van der Waals surface area contributed by atoms with Crippen molar-refractivity contribution in [3.63, 3.8) is 0 Å². The monoisotopic (exact) mass is 342 g/mol. The van der Waals surface area contributed by atoms with Crippen LogP contribution in [0.25, 0.3) is 0 Å². The predicted molar refractivity (Wildman–Crippen MR) is 92.9 cm³/mol. The number of aromatic nitrogens is 1. The van der Waals surface area contributed by atoms with E-state index in [1.807, 2.05) is 25.1 Å². The average molecular weight is 343 g/mol. The molecule has 1 amide bonds. The first-order chi connectivity index (χ1) is 11.5. The maximum atomic E-state index is 12.3. The number of hydrogen-bond donors (Lipinski definition) is 2. The molecule has 0 fully saturated rings. The van der Waals surface area contributed by atoms with Crippen LogP contribution in [0, 0.1) is 18.3 Å². The maximum absolute atomic E-state index is 12.3. The van der Waals surface area contributed by atoms with E-state index in [0.717, 1.165) is 5.69 Å². The molecule has 0 atom stereocenters. The molecule has 6 nitrogen and oxygen atoms in total. The number of carbonyl (C=O) groups is 1. The highest BCUT2D eigenvalue weighted by Gasteiger charge is 2.13. The molecule has 7 heteroatoms. The van der Waals surface area contributed by atoms with Crippen LogP contribution in [0.3, 0.4) is 0 Å². The summed E-state index contributed by atoms with van der Waals surface area (Å²) in [6, 6.07) is 12.1. The highest BCUT2D eigenvalue weighted by atomic mass is 35.5.